The second-order valence-electron chi connectivity index (χ2n) is 6.65. The third kappa shape index (κ3) is 4.96. The van der Waals surface area contributed by atoms with Crippen LogP contribution < -0.4 is 5.32 Å². The maximum Gasteiger partial charge on any atom is 0.328 e. The zero-order valence-electron chi connectivity index (χ0n) is 15.0. The van der Waals surface area contributed by atoms with Crippen LogP contribution in [0, 0.1) is 22.7 Å². The molecule has 2 unspecified atom stereocenters. The first-order valence-electron chi connectivity index (χ1n) is 8.75. The largest absolute Gasteiger partial charge is 0.464 e. The number of carbonyl (C=O) groups excluding carboxylic acids is 1. The Morgan fingerprint density at radius 2 is 2.31 bits per heavy atom. The summed E-state index contributed by atoms with van der Waals surface area (Å²) in [5.41, 5.74) is 1.31. The van der Waals surface area contributed by atoms with Crippen molar-refractivity contribution in [3.05, 3.63) is 28.3 Å². The van der Waals surface area contributed by atoms with Gasteiger partial charge >= 0.3 is 5.97 Å². The van der Waals surface area contributed by atoms with E-state index in [1.807, 2.05) is 19.9 Å². The predicted molar refractivity (Wildman–Crippen MR) is 101 cm³/mol. The number of nitriles is 1. The van der Waals surface area contributed by atoms with Crippen LogP contribution in [0.4, 0.5) is 5.69 Å². The molecule has 0 amide bonds. The van der Waals surface area contributed by atoms with E-state index in [0.717, 1.165) is 25.5 Å². The van der Waals surface area contributed by atoms with Crippen LogP contribution in [0.3, 0.4) is 0 Å². The van der Waals surface area contributed by atoms with Crippen molar-refractivity contribution < 1.29 is 14.3 Å². The quantitative estimate of drug-likeness (QED) is 0.551. The highest BCUT2D eigenvalue weighted by molar-refractivity contribution is 6.32. The van der Waals surface area contributed by atoms with Crippen LogP contribution in [0.15, 0.2) is 12.1 Å². The van der Waals surface area contributed by atoms with Crippen molar-refractivity contribution in [2.75, 3.05) is 18.5 Å². The van der Waals surface area contributed by atoms with Gasteiger partial charge in [0.05, 0.1) is 12.7 Å². The molecule has 0 aliphatic carbocycles. The van der Waals surface area contributed by atoms with E-state index in [9.17, 15) is 10.1 Å². The Morgan fingerprint density at radius 3 is 2.88 bits per heavy atom. The summed E-state index contributed by atoms with van der Waals surface area (Å²) in [7, 11) is 0. The van der Waals surface area contributed by atoms with E-state index in [0.29, 0.717) is 23.4 Å². The SMILES string of the molecule is CC(C)COC(=O)C(C#N)c1c(Cl)ccc(NC2CCCCO2)c1C=N. The van der Waals surface area contributed by atoms with Gasteiger partial charge < -0.3 is 20.2 Å². The second-order valence-corrected chi connectivity index (χ2v) is 7.06. The first kappa shape index (κ1) is 20.2. The molecule has 140 valence electrons. The Hall–Kier alpha value is -2.10. The van der Waals surface area contributed by atoms with Crippen LogP contribution in [0.25, 0.3) is 0 Å². The molecule has 1 heterocycles. The van der Waals surface area contributed by atoms with Crippen molar-refractivity contribution in [2.24, 2.45) is 5.92 Å². The number of halogens is 1. The Balaban J connectivity index is 2.33. The molecule has 1 saturated heterocycles. The van der Waals surface area contributed by atoms with Crippen LogP contribution in [0.5, 0.6) is 0 Å². The number of nitrogens with one attached hydrogen (secondary N) is 2. The van der Waals surface area contributed by atoms with E-state index in [1.54, 1.807) is 12.1 Å². The predicted octanol–water partition coefficient (Wildman–Crippen LogP) is 4.08. The fourth-order valence-corrected chi connectivity index (χ4v) is 3.05. The van der Waals surface area contributed by atoms with Gasteiger partial charge in [-0.05, 0) is 37.3 Å². The van der Waals surface area contributed by atoms with Crippen molar-refractivity contribution >= 4 is 29.5 Å². The number of rotatable bonds is 7. The molecule has 1 fully saturated rings. The molecule has 1 aromatic rings. The van der Waals surface area contributed by atoms with Gasteiger partial charge in [-0.3, -0.25) is 4.79 Å². The van der Waals surface area contributed by atoms with Crippen molar-refractivity contribution in [1.29, 1.82) is 10.7 Å². The Kier molecular flexibility index (Phi) is 7.43. The maximum absolute atomic E-state index is 12.4. The van der Waals surface area contributed by atoms with E-state index in [-0.39, 0.29) is 23.8 Å². The molecule has 2 rings (SSSR count). The van der Waals surface area contributed by atoms with E-state index in [1.165, 1.54) is 0 Å². The summed E-state index contributed by atoms with van der Waals surface area (Å²) >= 11 is 6.28. The highest BCUT2D eigenvalue weighted by Gasteiger charge is 2.29. The van der Waals surface area contributed by atoms with Crippen molar-refractivity contribution in [3.63, 3.8) is 0 Å². The van der Waals surface area contributed by atoms with E-state index in [4.69, 9.17) is 26.5 Å². The molecule has 1 aromatic carbocycles. The normalized spacial score (nSPS) is 18.0. The molecule has 0 radical (unpaired) electrons. The van der Waals surface area contributed by atoms with Gasteiger partial charge in [0.1, 0.15) is 6.23 Å². The van der Waals surface area contributed by atoms with Gasteiger partial charge in [0.15, 0.2) is 5.92 Å². The minimum absolute atomic E-state index is 0.160. The molecule has 0 spiro atoms. The summed E-state index contributed by atoms with van der Waals surface area (Å²) in [6.07, 6.45) is 3.88. The summed E-state index contributed by atoms with van der Waals surface area (Å²) in [5, 5.41) is 20.8. The average molecular weight is 378 g/mol. The van der Waals surface area contributed by atoms with Gasteiger partial charge in [-0.2, -0.15) is 5.26 Å². The number of benzene rings is 1. The highest BCUT2D eigenvalue weighted by atomic mass is 35.5. The minimum atomic E-state index is -1.19. The summed E-state index contributed by atoms with van der Waals surface area (Å²) in [6.45, 7) is 4.74. The van der Waals surface area contributed by atoms with E-state index < -0.39 is 11.9 Å². The Morgan fingerprint density at radius 1 is 1.54 bits per heavy atom. The molecule has 26 heavy (non-hydrogen) atoms. The molecule has 2 N–H and O–H groups in total. The van der Waals surface area contributed by atoms with Crippen molar-refractivity contribution in [2.45, 2.75) is 45.3 Å². The van der Waals surface area contributed by atoms with E-state index in [2.05, 4.69) is 5.32 Å². The first-order chi connectivity index (χ1) is 12.5. The van der Waals surface area contributed by atoms with Gasteiger partial charge in [-0.15, -0.1) is 0 Å². The third-order valence-electron chi connectivity index (χ3n) is 4.09. The van der Waals surface area contributed by atoms with Crippen LogP contribution >= 0.6 is 11.6 Å². The molecule has 6 nitrogen and oxygen atoms in total. The fraction of sp³-hybridized carbons (Fsp3) is 0.526. The first-order valence-corrected chi connectivity index (χ1v) is 9.13. The summed E-state index contributed by atoms with van der Waals surface area (Å²) in [6, 6.07) is 5.32. The lowest BCUT2D eigenvalue weighted by Crippen LogP contribution is -2.28. The number of anilines is 1. The van der Waals surface area contributed by atoms with Gasteiger partial charge in [-0.25, -0.2) is 0 Å². The molecular weight excluding hydrogens is 354 g/mol. The lowest BCUT2D eigenvalue weighted by molar-refractivity contribution is -0.145. The van der Waals surface area contributed by atoms with Crippen molar-refractivity contribution in [1.82, 2.24) is 0 Å². The lowest BCUT2D eigenvalue weighted by Gasteiger charge is -2.26. The third-order valence-corrected chi connectivity index (χ3v) is 4.42. The van der Waals surface area contributed by atoms with Gasteiger partial charge in [0, 0.05) is 34.7 Å². The van der Waals surface area contributed by atoms with Crippen molar-refractivity contribution in [3.8, 4) is 6.07 Å². The number of hydrogen-bond donors (Lipinski definition) is 2. The number of hydrogen-bond acceptors (Lipinski definition) is 6. The number of ether oxygens (including phenoxy) is 2. The molecule has 0 bridgehead atoms. The monoisotopic (exact) mass is 377 g/mol. The smallest absolute Gasteiger partial charge is 0.328 e. The zero-order valence-corrected chi connectivity index (χ0v) is 15.8. The van der Waals surface area contributed by atoms with Crippen LogP contribution in [-0.4, -0.2) is 31.6 Å². The Labute approximate surface area is 158 Å². The average Bonchev–Trinajstić information content (AvgIpc) is 2.64. The Bertz CT molecular complexity index is 694. The number of carbonyl (C=O) groups is 1. The maximum atomic E-state index is 12.4. The van der Waals surface area contributed by atoms with Gasteiger partial charge in [-0.1, -0.05) is 25.4 Å². The molecule has 7 heteroatoms. The second kappa shape index (κ2) is 9.56. The van der Waals surface area contributed by atoms with Crippen LogP contribution in [0.1, 0.15) is 50.2 Å². The molecule has 1 aliphatic rings. The molecule has 2 atom stereocenters. The van der Waals surface area contributed by atoms with Gasteiger partial charge in [0.25, 0.3) is 0 Å². The fourth-order valence-electron chi connectivity index (χ4n) is 2.78. The lowest BCUT2D eigenvalue weighted by atomic mass is 9.94. The molecule has 1 aliphatic heterocycles. The highest BCUT2D eigenvalue weighted by Crippen LogP contribution is 2.33. The summed E-state index contributed by atoms with van der Waals surface area (Å²) in [5.74, 6) is -1.68. The van der Waals surface area contributed by atoms with E-state index >= 15 is 0 Å². The standard InChI is InChI=1S/C19H24ClN3O3/c1-12(2)11-26-19(24)14(10-22)18-13(9-21)16(7-6-15(18)20)23-17-5-3-4-8-25-17/h6-7,9,12,14,17,21,23H,3-5,8,11H2,1-2H3. The topological polar surface area (TPSA) is 95.2 Å². The zero-order chi connectivity index (χ0) is 19.1. The van der Waals surface area contributed by atoms with Crippen LogP contribution in [0.2, 0.25) is 5.02 Å². The summed E-state index contributed by atoms with van der Waals surface area (Å²) in [4.78, 5) is 12.4. The number of esters is 1. The number of nitrogens with zero attached hydrogens (tertiary/aromatic N) is 1. The molecular formula is C19H24ClN3O3. The minimum Gasteiger partial charge on any atom is -0.464 e. The van der Waals surface area contributed by atoms with Crippen LogP contribution in [-0.2, 0) is 14.3 Å². The van der Waals surface area contributed by atoms with Gasteiger partial charge in [0.2, 0.25) is 0 Å². The molecule has 0 aromatic heterocycles. The molecule has 0 saturated carbocycles. The summed E-state index contributed by atoms with van der Waals surface area (Å²) < 4.78 is 10.9.